The van der Waals surface area contributed by atoms with Gasteiger partial charge in [0.25, 0.3) is 0 Å². The third-order valence-corrected chi connectivity index (χ3v) is 5.12. The van der Waals surface area contributed by atoms with E-state index in [2.05, 4.69) is 17.6 Å². The Kier molecular flexibility index (Phi) is 6.62. The van der Waals surface area contributed by atoms with Gasteiger partial charge < -0.3 is 10.6 Å². The summed E-state index contributed by atoms with van der Waals surface area (Å²) in [7, 11) is 1.77. The SMILES string of the molecule is CCc1ccccc1NC(=O)CN(C)C(C)C(=O)Nc1ccc2ccccc2c1. The van der Waals surface area contributed by atoms with Crippen molar-refractivity contribution < 1.29 is 9.59 Å². The summed E-state index contributed by atoms with van der Waals surface area (Å²) in [5, 5.41) is 8.08. The van der Waals surface area contributed by atoms with Crippen LogP contribution in [0.4, 0.5) is 11.4 Å². The number of carbonyl (C=O) groups excluding carboxylic acids is 2. The van der Waals surface area contributed by atoms with Gasteiger partial charge in [-0.2, -0.15) is 0 Å². The van der Waals surface area contributed by atoms with Crippen LogP contribution in [-0.2, 0) is 16.0 Å². The Labute approximate surface area is 171 Å². The minimum atomic E-state index is -0.450. The molecule has 5 heteroatoms. The molecule has 0 heterocycles. The van der Waals surface area contributed by atoms with E-state index in [4.69, 9.17) is 0 Å². The smallest absolute Gasteiger partial charge is 0.241 e. The average Bonchev–Trinajstić information content (AvgIpc) is 2.73. The largest absolute Gasteiger partial charge is 0.325 e. The van der Waals surface area contributed by atoms with Crippen molar-refractivity contribution in [3.05, 3.63) is 72.3 Å². The number of benzene rings is 3. The molecule has 0 fully saturated rings. The highest BCUT2D eigenvalue weighted by Crippen LogP contribution is 2.19. The fraction of sp³-hybridized carbons (Fsp3) is 0.250. The van der Waals surface area contributed by atoms with E-state index in [0.29, 0.717) is 0 Å². The quantitative estimate of drug-likeness (QED) is 0.633. The number of likely N-dealkylation sites (N-methyl/N-ethyl adjacent to an activating group) is 1. The van der Waals surface area contributed by atoms with Crippen LogP contribution in [0.15, 0.2) is 66.7 Å². The zero-order chi connectivity index (χ0) is 20.8. The number of rotatable bonds is 7. The summed E-state index contributed by atoms with van der Waals surface area (Å²) >= 11 is 0. The Hall–Kier alpha value is -3.18. The summed E-state index contributed by atoms with van der Waals surface area (Å²) in [4.78, 5) is 26.8. The van der Waals surface area contributed by atoms with Gasteiger partial charge in [-0.05, 0) is 54.9 Å². The fourth-order valence-corrected chi connectivity index (χ4v) is 3.22. The number of aryl methyl sites for hydroxylation is 1. The maximum absolute atomic E-state index is 12.6. The molecule has 0 bridgehead atoms. The third kappa shape index (κ3) is 5.21. The second kappa shape index (κ2) is 9.34. The number of carbonyl (C=O) groups is 2. The first-order valence-corrected chi connectivity index (χ1v) is 9.85. The highest BCUT2D eigenvalue weighted by atomic mass is 16.2. The van der Waals surface area contributed by atoms with Gasteiger partial charge in [0, 0.05) is 11.4 Å². The second-order valence-corrected chi connectivity index (χ2v) is 7.20. The molecule has 150 valence electrons. The Morgan fingerprint density at radius 3 is 2.38 bits per heavy atom. The molecule has 0 radical (unpaired) electrons. The lowest BCUT2D eigenvalue weighted by molar-refractivity contribution is -0.122. The predicted octanol–water partition coefficient (Wildman–Crippen LogP) is 4.30. The van der Waals surface area contributed by atoms with Crippen molar-refractivity contribution in [3.8, 4) is 0 Å². The van der Waals surface area contributed by atoms with E-state index in [1.54, 1.807) is 18.9 Å². The maximum Gasteiger partial charge on any atom is 0.241 e. The van der Waals surface area contributed by atoms with Crippen molar-refractivity contribution in [2.24, 2.45) is 0 Å². The van der Waals surface area contributed by atoms with E-state index in [1.807, 2.05) is 66.7 Å². The van der Waals surface area contributed by atoms with E-state index >= 15 is 0 Å². The van der Waals surface area contributed by atoms with Gasteiger partial charge in [-0.1, -0.05) is 55.5 Å². The normalized spacial score (nSPS) is 12.0. The molecule has 29 heavy (non-hydrogen) atoms. The number of amides is 2. The molecule has 3 rings (SSSR count). The minimum absolute atomic E-state index is 0.129. The molecule has 5 nitrogen and oxygen atoms in total. The lowest BCUT2D eigenvalue weighted by Crippen LogP contribution is -2.43. The average molecular weight is 389 g/mol. The highest BCUT2D eigenvalue weighted by Gasteiger charge is 2.20. The molecule has 2 amide bonds. The number of para-hydroxylation sites is 1. The van der Waals surface area contributed by atoms with Gasteiger partial charge in [0.2, 0.25) is 11.8 Å². The van der Waals surface area contributed by atoms with Crippen LogP contribution in [0.3, 0.4) is 0 Å². The first-order chi connectivity index (χ1) is 14.0. The number of nitrogens with one attached hydrogen (secondary N) is 2. The van der Waals surface area contributed by atoms with Gasteiger partial charge >= 0.3 is 0 Å². The van der Waals surface area contributed by atoms with Crippen LogP contribution < -0.4 is 10.6 Å². The first kappa shape index (κ1) is 20.6. The van der Waals surface area contributed by atoms with Gasteiger partial charge in [-0.3, -0.25) is 14.5 Å². The van der Waals surface area contributed by atoms with Crippen LogP contribution in [0, 0.1) is 0 Å². The van der Waals surface area contributed by atoms with Crippen LogP contribution in [-0.4, -0.2) is 36.3 Å². The lowest BCUT2D eigenvalue weighted by atomic mass is 10.1. The highest BCUT2D eigenvalue weighted by molar-refractivity contribution is 5.98. The molecule has 0 aliphatic heterocycles. The van der Waals surface area contributed by atoms with Crippen LogP contribution >= 0.6 is 0 Å². The van der Waals surface area contributed by atoms with Gasteiger partial charge in [0.05, 0.1) is 12.6 Å². The first-order valence-electron chi connectivity index (χ1n) is 9.85. The number of nitrogens with zero attached hydrogens (tertiary/aromatic N) is 1. The van der Waals surface area contributed by atoms with Crippen molar-refractivity contribution >= 4 is 34.0 Å². The number of hydrogen-bond donors (Lipinski definition) is 2. The van der Waals surface area contributed by atoms with Gasteiger partial charge in [0.1, 0.15) is 0 Å². The summed E-state index contributed by atoms with van der Waals surface area (Å²) in [6.45, 7) is 3.98. The lowest BCUT2D eigenvalue weighted by Gasteiger charge is -2.23. The molecule has 2 N–H and O–H groups in total. The molecule has 3 aromatic rings. The molecular weight excluding hydrogens is 362 g/mol. The Bertz CT molecular complexity index is 1020. The van der Waals surface area contributed by atoms with E-state index in [9.17, 15) is 9.59 Å². The number of anilines is 2. The summed E-state index contributed by atoms with van der Waals surface area (Å²) in [5.41, 5.74) is 2.66. The van der Waals surface area contributed by atoms with Gasteiger partial charge in [-0.25, -0.2) is 0 Å². The van der Waals surface area contributed by atoms with Crippen LogP contribution in [0.25, 0.3) is 10.8 Å². The van der Waals surface area contributed by atoms with Crippen LogP contribution in [0.5, 0.6) is 0 Å². The molecule has 0 aliphatic rings. The van der Waals surface area contributed by atoms with Crippen molar-refractivity contribution in [1.29, 1.82) is 0 Å². The zero-order valence-corrected chi connectivity index (χ0v) is 17.1. The molecule has 0 saturated heterocycles. The number of hydrogen-bond acceptors (Lipinski definition) is 3. The molecular formula is C24H27N3O2. The Balaban J connectivity index is 1.58. The van der Waals surface area contributed by atoms with Crippen molar-refractivity contribution in [2.45, 2.75) is 26.3 Å². The van der Waals surface area contributed by atoms with E-state index < -0.39 is 6.04 Å². The van der Waals surface area contributed by atoms with Crippen LogP contribution in [0.1, 0.15) is 19.4 Å². The van der Waals surface area contributed by atoms with Crippen LogP contribution in [0.2, 0.25) is 0 Å². The summed E-state index contributed by atoms with van der Waals surface area (Å²) in [6.07, 6.45) is 0.844. The van der Waals surface area contributed by atoms with E-state index in [-0.39, 0.29) is 18.4 Å². The monoisotopic (exact) mass is 389 g/mol. The second-order valence-electron chi connectivity index (χ2n) is 7.20. The molecule has 0 aromatic heterocycles. The molecule has 0 spiro atoms. The van der Waals surface area contributed by atoms with Crippen molar-refractivity contribution in [3.63, 3.8) is 0 Å². The third-order valence-electron chi connectivity index (χ3n) is 5.12. The van der Waals surface area contributed by atoms with Gasteiger partial charge in [0.15, 0.2) is 0 Å². The fourth-order valence-electron chi connectivity index (χ4n) is 3.22. The Morgan fingerprint density at radius 2 is 1.62 bits per heavy atom. The summed E-state index contributed by atoms with van der Waals surface area (Å²) in [6, 6.07) is 21.1. The standard InChI is InChI=1S/C24H27N3O2/c1-4-18-9-7-8-12-22(18)26-23(28)16-27(3)17(2)24(29)25-21-14-13-19-10-5-6-11-20(19)15-21/h5-15,17H,4,16H2,1-3H3,(H,25,29)(H,26,28). The molecule has 1 atom stereocenters. The maximum atomic E-state index is 12.6. The van der Waals surface area contributed by atoms with Crippen molar-refractivity contribution in [1.82, 2.24) is 4.90 Å². The van der Waals surface area contributed by atoms with Crippen molar-refractivity contribution in [2.75, 3.05) is 24.2 Å². The molecule has 3 aromatic carbocycles. The van der Waals surface area contributed by atoms with E-state index in [0.717, 1.165) is 34.1 Å². The molecule has 0 saturated carbocycles. The summed E-state index contributed by atoms with van der Waals surface area (Å²) < 4.78 is 0. The number of fused-ring (bicyclic) bond motifs is 1. The minimum Gasteiger partial charge on any atom is -0.325 e. The summed E-state index contributed by atoms with van der Waals surface area (Å²) in [5.74, 6) is -0.289. The zero-order valence-electron chi connectivity index (χ0n) is 17.1. The molecule has 0 aliphatic carbocycles. The molecule has 1 unspecified atom stereocenters. The topological polar surface area (TPSA) is 61.4 Å². The predicted molar refractivity (Wildman–Crippen MR) is 119 cm³/mol. The van der Waals surface area contributed by atoms with Gasteiger partial charge in [-0.15, -0.1) is 0 Å². The van der Waals surface area contributed by atoms with E-state index in [1.165, 1.54) is 0 Å². The Morgan fingerprint density at radius 1 is 0.931 bits per heavy atom.